The Labute approximate surface area is 155 Å². The third-order valence-corrected chi connectivity index (χ3v) is 3.92. The monoisotopic (exact) mass is 359 g/mol. The van der Waals surface area contributed by atoms with E-state index in [9.17, 15) is 5.11 Å². The highest BCUT2D eigenvalue weighted by atomic mass is 16.3. The van der Waals surface area contributed by atoms with Crippen LogP contribution >= 0.6 is 0 Å². The van der Waals surface area contributed by atoms with Gasteiger partial charge in [-0.3, -0.25) is 4.98 Å². The molecule has 4 aromatic rings. The fourth-order valence-electron chi connectivity index (χ4n) is 2.58. The summed E-state index contributed by atoms with van der Waals surface area (Å²) < 4.78 is 5.34. The van der Waals surface area contributed by atoms with Gasteiger partial charge < -0.3 is 14.8 Å². The Bertz CT molecular complexity index is 1000. The van der Waals surface area contributed by atoms with E-state index in [0.717, 1.165) is 16.9 Å². The molecule has 0 fully saturated rings. The summed E-state index contributed by atoms with van der Waals surface area (Å²) in [5, 5.41) is 12.6. The normalized spacial score (nSPS) is 10.7. The maximum atomic E-state index is 9.45. The lowest BCUT2D eigenvalue weighted by Gasteiger charge is -2.09. The first-order valence-electron chi connectivity index (χ1n) is 8.46. The summed E-state index contributed by atoms with van der Waals surface area (Å²) in [7, 11) is 0. The third-order valence-electron chi connectivity index (χ3n) is 3.92. The molecule has 134 valence electrons. The van der Waals surface area contributed by atoms with E-state index in [4.69, 9.17) is 4.42 Å². The summed E-state index contributed by atoms with van der Waals surface area (Å²) in [5.74, 6) is 2.70. The lowest BCUT2D eigenvalue weighted by Crippen LogP contribution is -2.08. The van der Waals surface area contributed by atoms with Crippen molar-refractivity contribution in [2.24, 2.45) is 0 Å². The fourth-order valence-corrected chi connectivity index (χ4v) is 2.58. The summed E-state index contributed by atoms with van der Waals surface area (Å²) in [6.07, 6.45) is 5.56. The molecule has 0 aliphatic heterocycles. The molecule has 0 saturated carbocycles. The number of aromatic hydroxyl groups is 1. The van der Waals surface area contributed by atoms with E-state index in [1.165, 1.54) is 0 Å². The fraction of sp³-hybridized carbons (Fsp3) is 0.100. The van der Waals surface area contributed by atoms with E-state index in [1.807, 2.05) is 36.4 Å². The predicted octanol–water partition coefficient (Wildman–Crippen LogP) is 3.44. The van der Waals surface area contributed by atoms with Gasteiger partial charge in [-0.25, -0.2) is 4.98 Å². The largest absolute Gasteiger partial charge is 0.508 e. The number of hydrogen-bond acceptors (Lipinski definition) is 7. The molecule has 0 amide bonds. The molecule has 3 heterocycles. The maximum absolute atomic E-state index is 9.45. The van der Waals surface area contributed by atoms with E-state index >= 15 is 0 Å². The summed E-state index contributed by atoms with van der Waals surface area (Å²) >= 11 is 0. The van der Waals surface area contributed by atoms with E-state index in [1.54, 1.807) is 30.8 Å². The van der Waals surface area contributed by atoms with Crippen LogP contribution in [0.25, 0.3) is 11.4 Å². The molecule has 0 atom stereocenters. The Morgan fingerprint density at radius 3 is 2.48 bits per heavy atom. The minimum atomic E-state index is 0.229. The van der Waals surface area contributed by atoms with Gasteiger partial charge in [-0.15, -0.1) is 0 Å². The van der Waals surface area contributed by atoms with E-state index in [2.05, 4.69) is 25.3 Å². The molecule has 7 heteroatoms. The number of nitrogens with one attached hydrogen (secondary N) is 1. The molecule has 0 saturated heterocycles. The van der Waals surface area contributed by atoms with E-state index in [-0.39, 0.29) is 5.75 Å². The van der Waals surface area contributed by atoms with E-state index in [0.29, 0.717) is 30.6 Å². The molecule has 2 N–H and O–H groups in total. The number of aromatic nitrogens is 4. The minimum Gasteiger partial charge on any atom is -0.508 e. The van der Waals surface area contributed by atoms with Gasteiger partial charge in [-0.1, -0.05) is 12.1 Å². The van der Waals surface area contributed by atoms with Crippen LogP contribution in [0.15, 0.2) is 71.6 Å². The highest BCUT2D eigenvalue weighted by Gasteiger charge is 2.10. The van der Waals surface area contributed by atoms with Crippen LogP contribution in [0, 0.1) is 0 Å². The average molecular weight is 359 g/mol. The van der Waals surface area contributed by atoms with Gasteiger partial charge in [0, 0.05) is 24.4 Å². The smallest absolute Gasteiger partial charge is 0.226 e. The van der Waals surface area contributed by atoms with Crippen LogP contribution in [0.2, 0.25) is 0 Å². The van der Waals surface area contributed by atoms with Crippen LogP contribution in [0.1, 0.15) is 17.1 Å². The Morgan fingerprint density at radius 2 is 1.74 bits per heavy atom. The highest BCUT2D eigenvalue weighted by molar-refractivity contribution is 5.55. The molecule has 3 aromatic heterocycles. The molecule has 0 unspecified atom stereocenters. The number of anilines is 1. The van der Waals surface area contributed by atoms with Gasteiger partial charge in [0.15, 0.2) is 5.82 Å². The zero-order valence-corrected chi connectivity index (χ0v) is 14.4. The first kappa shape index (κ1) is 16.7. The predicted molar refractivity (Wildman–Crippen MR) is 100 cm³/mol. The molecular formula is C20H17N5O2. The zero-order chi connectivity index (χ0) is 18.5. The van der Waals surface area contributed by atoms with Crippen molar-refractivity contribution in [1.82, 2.24) is 19.9 Å². The van der Waals surface area contributed by atoms with Crippen molar-refractivity contribution >= 4 is 5.95 Å². The van der Waals surface area contributed by atoms with Crippen molar-refractivity contribution in [3.8, 4) is 17.1 Å². The van der Waals surface area contributed by atoms with Gasteiger partial charge in [0.2, 0.25) is 5.95 Å². The molecule has 27 heavy (non-hydrogen) atoms. The van der Waals surface area contributed by atoms with Crippen molar-refractivity contribution in [2.75, 3.05) is 5.32 Å². The third kappa shape index (κ3) is 4.27. The number of rotatable bonds is 6. The number of furan rings is 1. The molecule has 7 nitrogen and oxygen atoms in total. The maximum Gasteiger partial charge on any atom is 0.226 e. The Morgan fingerprint density at radius 1 is 0.926 bits per heavy atom. The number of pyridine rings is 1. The van der Waals surface area contributed by atoms with Crippen LogP contribution in [0.4, 0.5) is 5.95 Å². The van der Waals surface area contributed by atoms with Gasteiger partial charge in [0.25, 0.3) is 0 Å². The van der Waals surface area contributed by atoms with Crippen LogP contribution in [-0.4, -0.2) is 25.0 Å². The van der Waals surface area contributed by atoms with Crippen LogP contribution in [-0.2, 0) is 13.0 Å². The molecule has 4 rings (SSSR count). The van der Waals surface area contributed by atoms with Gasteiger partial charge in [0.1, 0.15) is 17.3 Å². The number of phenolic OH excluding ortho intramolecular Hbond substituents is 1. The molecule has 0 radical (unpaired) electrons. The number of benzene rings is 1. The number of hydrogen-bond donors (Lipinski definition) is 2. The average Bonchev–Trinajstić information content (AvgIpc) is 3.22. The lowest BCUT2D eigenvalue weighted by molar-refractivity contribution is 0.475. The molecular weight excluding hydrogens is 342 g/mol. The van der Waals surface area contributed by atoms with Crippen molar-refractivity contribution in [3.63, 3.8) is 0 Å². The van der Waals surface area contributed by atoms with E-state index < -0.39 is 0 Å². The first-order valence-corrected chi connectivity index (χ1v) is 8.46. The van der Waals surface area contributed by atoms with Gasteiger partial charge in [-0.05, 0) is 42.0 Å². The first-order chi connectivity index (χ1) is 13.3. The van der Waals surface area contributed by atoms with Crippen molar-refractivity contribution in [1.29, 1.82) is 0 Å². The second-order valence-corrected chi connectivity index (χ2v) is 5.91. The summed E-state index contributed by atoms with van der Waals surface area (Å²) in [6.45, 7) is 0.478. The van der Waals surface area contributed by atoms with Crippen LogP contribution < -0.4 is 5.32 Å². The van der Waals surface area contributed by atoms with Crippen molar-refractivity contribution in [2.45, 2.75) is 13.0 Å². The van der Waals surface area contributed by atoms with Gasteiger partial charge >= 0.3 is 0 Å². The lowest BCUT2D eigenvalue weighted by atomic mass is 10.1. The second-order valence-electron chi connectivity index (χ2n) is 5.91. The summed E-state index contributed by atoms with van der Waals surface area (Å²) in [4.78, 5) is 17.7. The minimum absolute atomic E-state index is 0.229. The highest BCUT2D eigenvalue weighted by Crippen LogP contribution is 2.18. The van der Waals surface area contributed by atoms with Gasteiger partial charge in [0.05, 0.1) is 12.8 Å². The quantitative estimate of drug-likeness (QED) is 0.544. The molecule has 0 aliphatic carbocycles. The zero-order valence-electron chi connectivity index (χ0n) is 14.4. The van der Waals surface area contributed by atoms with Crippen molar-refractivity contribution in [3.05, 3.63) is 84.3 Å². The van der Waals surface area contributed by atoms with Crippen molar-refractivity contribution < 1.29 is 9.52 Å². The second kappa shape index (κ2) is 7.65. The topological polar surface area (TPSA) is 97.0 Å². The summed E-state index contributed by atoms with van der Waals surface area (Å²) in [5.41, 5.74) is 1.86. The molecule has 1 aromatic carbocycles. The van der Waals surface area contributed by atoms with Gasteiger partial charge in [-0.2, -0.15) is 9.97 Å². The molecule has 0 aliphatic rings. The number of phenols is 1. The summed E-state index contributed by atoms with van der Waals surface area (Å²) in [6, 6.07) is 14.4. The Balaban J connectivity index is 1.64. The molecule has 0 bridgehead atoms. The number of nitrogens with zero attached hydrogens (tertiary/aromatic N) is 4. The standard InChI is InChI=1S/C20H17N5O2/c26-16-5-3-14(4-6-16)12-18-23-19(15-7-9-21-10-8-15)25-20(24-18)22-13-17-2-1-11-27-17/h1-11,26H,12-13H2,(H,22,23,24,25). The van der Waals surface area contributed by atoms with Crippen LogP contribution in [0.3, 0.4) is 0 Å². The Hall–Kier alpha value is -3.74. The SMILES string of the molecule is Oc1ccc(Cc2nc(NCc3ccco3)nc(-c3ccncc3)n2)cc1. The Kier molecular flexibility index (Phi) is 4.74. The van der Waals surface area contributed by atoms with Crippen LogP contribution in [0.5, 0.6) is 5.75 Å². The molecule has 0 spiro atoms.